The molecule has 0 saturated carbocycles. The Morgan fingerprint density at radius 1 is 1.17 bits per heavy atom. The molecule has 0 aromatic heterocycles. The summed E-state index contributed by atoms with van der Waals surface area (Å²) in [6, 6.07) is 9.22. The molecule has 0 aliphatic heterocycles. The van der Waals surface area contributed by atoms with E-state index in [9.17, 15) is 0 Å². The summed E-state index contributed by atoms with van der Waals surface area (Å²) in [6.45, 7) is 15.2. The van der Waals surface area contributed by atoms with Gasteiger partial charge < -0.3 is 5.32 Å². The first-order valence-electron chi connectivity index (χ1n) is 6.83. The third kappa shape index (κ3) is 4.95. The van der Waals surface area contributed by atoms with Crippen molar-refractivity contribution in [2.24, 2.45) is 5.41 Å². The summed E-state index contributed by atoms with van der Waals surface area (Å²) in [7, 11) is 0. The lowest BCUT2D eigenvalue weighted by molar-refractivity contribution is 0.484. The SMILES string of the molecule is C=C(CCc1ccc(NC(C)C)cc1)C(C)(C)C. The minimum Gasteiger partial charge on any atom is -0.383 e. The Kier molecular flexibility index (Phi) is 5.01. The summed E-state index contributed by atoms with van der Waals surface area (Å²) in [5.41, 5.74) is 4.13. The summed E-state index contributed by atoms with van der Waals surface area (Å²) < 4.78 is 0. The topological polar surface area (TPSA) is 12.0 Å². The zero-order valence-electron chi connectivity index (χ0n) is 12.5. The average molecular weight is 245 g/mol. The standard InChI is InChI=1S/C17H27N/c1-13(2)18-16-11-9-15(10-12-16)8-7-14(3)17(4,5)6/h9-13,18H,3,7-8H2,1-2,4-6H3. The monoisotopic (exact) mass is 245 g/mol. The molecule has 0 aliphatic rings. The lowest BCUT2D eigenvalue weighted by atomic mass is 9.84. The number of allylic oxidation sites excluding steroid dienone is 1. The molecular weight excluding hydrogens is 218 g/mol. The number of rotatable bonds is 5. The van der Waals surface area contributed by atoms with Crippen molar-refractivity contribution in [2.45, 2.75) is 53.5 Å². The van der Waals surface area contributed by atoms with Crippen molar-refractivity contribution in [1.29, 1.82) is 0 Å². The number of aryl methyl sites for hydroxylation is 1. The van der Waals surface area contributed by atoms with Crippen molar-refractivity contribution in [3.05, 3.63) is 42.0 Å². The van der Waals surface area contributed by atoms with Crippen LogP contribution in [0, 0.1) is 5.41 Å². The van der Waals surface area contributed by atoms with Gasteiger partial charge in [0, 0.05) is 11.7 Å². The fourth-order valence-electron chi connectivity index (χ4n) is 1.77. The van der Waals surface area contributed by atoms with E-state index in [4.69, 9.17) is 0 Å². The van der Waals surface area contributed by atoms with Crippen LogP contribution < -0.4 is 5.32 Å². The molecular formula is C17H27N. The highest BCUT2D eigenvalue weighted by molar-refractivity contribution is 5.45. The van der Waals surface area contributed by atoms with Crippen LogP contribution in [0.15, 0.2) is 36.4 Å². The van der Waals surface area contributed by atoms with Crippen molar-refractivity contribution in [2.75, 3.05) is 5.32 Å². The number of hydrogen-bond acceptors (Lipinski definition) is 1. The Morgan fingerprint density at radius 2 is 1.72 bits per heavy atom. The van der Waals surface area contributed by atoms with Gasteiger partial charge in [0.25, 0.3) is 0 Å². The Hall–Kier alpha value is -1.24. The maximum atomic E-state index is 4.19. The average Bonchev–Trinajstić information content (AvgIpc) is 2.25. The molecule has 1 aromatic rings. The quantitative estimate of drug-likeness (QED) is 0.716. The van der Waals surface area contributed by atoms with Crippen LogP contribution in [0.25, 0.3) is 0 Å². The first kappa shape index (κ1) is 14.8. The molecule has 1 rings (SSSR count). The zero-order chi connectivity index (χ0) is 13.8. The molecule has 0 unspecified atom stereocenters. The van der Waals surface area contributed by atoms with Gasteiger partial charge in [-0.3, -0.25) is 0 Å². The van der Waals surface area contributed by atoms with E-state index in [0.717, 1.165) is 12.8 Å². The van der Waals surface area contributed by atoms with Crippen LogP contribution >= 0.6 is 0 Å². The van der Waals surface area contributed by atoms with Gasteiger partial charge in [0.2, 0.25) is 0 Å². The Labute approximate surface area is 112 Å². The molecule has 0 radical (unpaired) electrons. The highest BCUT2D eigenvalue weighted by Gasteiger charge is 2.14. The Morgan fingerprint density at radius 3 is 2.17 bits per heavy atom. The fourth-order valence-corrected chi connectivity index (χ4v) is 1.77. The first-order valence-corrected chi connectivity index (χ1v) is 6.83. The van der Waals surface area contributed by atoms with Gasteiger partial charge in [-0.2, -0.15) is 0 Å². The molecule has 0 amide bonds. The summed E-state index contributed by atoms with van der Waals surface area (Å²) in [6.07, 6.45) is 2.15. The summed E-state index contributed by atoms with van der Waals surface area (Å²) in [4.78, 5) is 0. The van der Waals surface area contributed by atoms with Crippen LogP contribution in [0.1, 0.15) is 46.6 Å². The van der Waals surface area contributed by atoms with Crippen molar-refractivity contribution < 1.29 is 0 Å². The lowest BCUT2D eigenvalue weighted by Gasteiger charge is -2.21. The minimum atomic E-state index is 0.221. The second-order valence-electron chi connectivity index (χ2n) is 6.35. The zero-order valence-corrected chi connectivity index (χ0v) is 12.5. The van der Waals surface area contributed by atoms with Crippen molar-refractivity contribution in [1.82, 2.24) is 0 Å². The number of benzene rings is 1. The summed E-state index contributed by atoms with van der Waals surface area (Å²) in [5.74, 6) is 0. The Bertz CT molecular complexity index is 379. The molecule has 0 saturated heterocycles. The summed E-state index contributed by atoms with van der Waals surface area (Å²) in [5, 5.41) is 3.40. The molecule has 1 nitrogen and oxygen atoms in total. The van der Waals surface area contributed by atoms with Gasteiger partial charge in [0.05, 0.1) is 0 Å². The van der Waals surface area contributed by atoms with E-state index >= 15 is 0 Å². The predicted molar refractivity (Wildman–Crippen MR) is 82.1 cm³/mol. The maximum absolute atomic E-state index is 4.19. The normalized spacial score (nSPS) is 11.7. The largest absolute Gasteiger partial charge is 0.383 e. The molecule has 0 fully saturated rings. The van der Waals surface area contributed by atoms with Crippen LogP contribution in [0.3, 0.4) is 0 Å². The van der Waals surface area contributed by atoms with Crippen molar-refractivity contribution in [3.8, 4) is 0 Å². The maximum Gasteiger partial charge on any atom is 0.0342 e. The van der Waals surface area contributed by atoms with Gasteiger partial charge in [-0.15, -0.1) is 0 Å². The van der Waals surface area contributed by atoms with E-state index in [1.165, 1.54) is 16.8 Å². The van der Waals surface area contributed by atoms with Gasteiger partial charge in [0.15, 0.2) is 0 Å². The second kappa shape index (κ2) is 6.08. The third-order valence-corrected chi connectivity index (χ3v) is 3.19. The van der Waals surface area contributed by atoms with Gasteiger partial charge in [0.1, 0.15) is 0 Å². The third-order valence-electron chi connectivity index (χ3n) is 3.19. The molecule has 0 spiro atoms. The van der Waals surface area contributed by atoms with Gasteiger partial charge in [-0.25, -0.2) is 0 Å². The van der Waals surface area contributed by atoms with Crippen LogP contribution in [0.4, 0.5) is 5.69 Å². The molecule has 0 bridgehead atoms. The van der Waals surface area contributed by atoms with E-state index in [1.54, 1.807) is 0 Å². The molecule has 0 heterocycles. The highest BCUT2D eigenvalue weighted by atomic mass is 14.9. The van der Waals surface area contributed by atoms with Gasteiger partial charge in [-0.1, -0.05) is 45.1 Å². The van der Waals surface area contributed by atoms with Crippen molar-refractivity contribution in [3.63, 3.8) is 0 Å². The Balaban J connectivity index is 2.52. The fraction of sp³-hybridized carbons (Fsp3) is 0.529. The van der Waals surface area contributed by atoms with Gasteiger partial charge >= 0.3 is 0 Å². The molecule has 0 atom stereocenters. The van der Waals surface area contributed by atoms with Gasteiger partial charge in [-0.05, 0) is 49.8 Å². The number of anilines is 1. The van der Waals surface area contributed by atoms with E-state index < -0.39 is 0 Å². The molecule has 0 aliphatic carbocycles. The van der Waals surface area contributed by atoms with Crippen LogP contribution in [0.2, 0.25) is 0 Å². The molecule has 1 heteroatoms. The first-order chi connectivity index (χ1) is 8.29. The number of hydrogen-bond donors (Lipinski definition) is 1. The lowest BCUT2D eigenvalue weighted by Crippen LogP contribution is -2.10. The van der Waals surface area contributed by atoms with Crippen LogP contribution in [-0.2, 0) is 6.42 Å². The van der Waals surface area contributed by atoms with E-state index in [-0.39, 0.29) is 5.41 Å². The van der Waals surface area contributed by atoms with Crippen LogP contribution in [-0.4, -0.2) is 6.04 Å². The van der Waals surface area contributed by atoms with E-state index in [1.807, 2.05) is 0 Å². The molecule has 1 aromatic carbocycles. The second-order valence-corrected chi connectivity index (χ2v) is 6.35. The molecule has 18 heavy (non-hydrogen) atoms. The van der Waals surface area contributed by atoms with Crippen molar-refractivity contribution >= 4 is 5.69 Å². The highest BCUT2D eigenvalue weighted by Crippen LogP contribution is 2.27. The smallest absolute Gasteiger partial charge is 0.0342 e. The predicted octanol–water partition coefficient (Wildman–Crippen LogP) is 5.04. The summed E-state index contributed by atoms with van der Waals surface area (Å²) >= 11 is 0. The van der Waals surface area contributed by atoms with E-state index in [0.29, 0.717) is 6.04 Å². The molecule has 1 N–H and O–H groups in total. The van der Waals surface area contributed by atoms with Crippen LogP contribution in [0.5, 0.6) is 0 Å². The van der Waals surface area contributed by atoms with E-state index in [2.05, 4.69) is 70.8 Å². The molecule has 100 valence electrons. The minimum absolute atomic E-state index is 0.221. The number of nitrogens with one attached hydrogen (secondary N) is 1.